The topological polar surface area (TPSA) is 73.1 Å². The first kappa shape index (κ1) is 15.4. The van der Waals surface area contributed by atoms with Gasteiger partial charge in [-0.05, 0) is 12.1 Å². The second kappa shape index (κ2) is 5.77. The summed E-state index contributed by atoms with van der Waals surface area (Å²) in [5.41, 5.74) is 6.37. The average Bonchev–Trinajstić information content (AvgIpc) is 2.39. The second-order valence-electron chi connectivity index (χ2n) is 5.72. The number of methoxy groups -OCH3 is 1. The van der Waals surface area contributed by atoms with E-state index in [1.54, 1.807) is 31.4 Å². The summed E-state index contributed by atoms with van der Waals surface area (Å²) in [6.07, 6.45) is 0. The molecule has 0 aliphatic carbocycles. The first-order valence-corrected chi connectivity index (χ1v) is 6.93. The van der Waals surface area contributed by atoms with Crippen molar-refractivity contribution in [1.29, 1.82) is 0 Å². The van der Waals surface area contributed by atoms with Gasteiger partial charge in [-0.2, -0.15) is 0 Å². The number of anilines is 3. The van der Waals surface area contributed by atoms with E-state index in [2.05, 4.69) is 15.3 Å². The highest BCUT2D eigenvalue weighted by Crippen LogP contribution is 2.30. The van der Waals surface area contributed by atoms with Crippen LogP contribution in [0, 0.1) is 0 Å². The van der Waals surface area contributed by atoms with Crippen LogP contribution in [0.4, 0.5) is 17.3 Å². The van der Waals surface area contributed by atoms with Gasteiger partial charge in [0.05, 0.1) is 17.8 Å². The van der Waals surface area contributed by atoms with Gasteiger partial charge in [-0.3, -0.25) is 0 Å². The fourth-order valence-corrected chi connectivity index (χ4v) is 1.90. The highest BCUT2D eigenvalue weighted by molar-refractivity contribution is 6.33. The van der Waals surface area contributed by atoms with E-state index in [4.69, 9.17) is 22.1 Å². The molecule has 5 nitrogen and oxygen atoms in total. The summed E-state index contributed by atoms with van der Waals surface area (Å²) < 4.78 is 5.19. The van der Waals surface area contributed by atoms with Crippen LogP contribution in [0.15, 0.2) is 24.3 Å². The van der Waals surface area contributed by atoms with Crippen LogP contribution in [0.3, 0.4) is 0 Å². The van der Waals surface area contributed by atoms with Gasteiger partial charge in [0.25, 0.3) is 0 Å². The van der Waals surface area contributed by atoms with Crippen molar-refractivity contribution in [3.63, 3.8) is 0 Å². The molecule has 3 N–H and O–H groups in total. The molecule has 2 aromatic rings. The quantitative estimate of drug-likeness (QED) is 0.903. The lowest BCUT2D eigenvalue weighted by Crippen LogP contribution is -2.17. The number of nitrogen functional groups attached to an aromatic ring is 1. The van der Waals surface area contributed by atoms with Gasteiger partial charge in [0.1, 0.15) is 23.2 Å². The lowest BCUT2D eigenvalue weighted by Gasteiger charge is -2.18. The largest absolute Gasteiger partial charge is 0.497 e. The third-order valence-electron chi connectivity index (χ3n) is 2.85. The van der Waals surface area contributed by atoms with Crippen molar-refractivity contribution in [3.05, 3.63) is 35.1 Å². The summed E-state index contributed by atoms with van der Waals surface area (Å²) in [5, 5.41) is 3.73. The molecule has 112 valence electrons. The fourth-order valence-electron chi connectivity index (χ4n) is 1.73. The van der Waals surface area contributed by atoms with Crippen molar-refractivity contribution in [2.24, 2.45) is 0 Å². The Morgan fingerprint density at radius 2 is 1.90 bits per heavy atom. The van der Waals surface area contributed by atoms with E-state index in [-0.39, 0.29) is 5.41 Å². The number of nitrogens with one attached hydrogen (secondary N) is 1. The van der Waals surface area contributed by atoms with Crippen molar-refractivity contribution in [2.75, 3.05) is 18.2 Å². The summed E-state index contributed by atoms with van der Waals surface area (Å²) >= 11 is 6.18. The standard InChI is InChI=1S/C15H19ClN4O/c1-15(2,3)14-19-12(17)8-13(20-14)18-11-7-9(21-4)5-6-10(11)16/h5-8H,1-4H3,(H3,17,18,19,20). The van der Waals surface area contributed by atoms with E-state index in [1.807, 2.05) is 20.8 Å². The zero-order valence-corrected chi connectivity index (χ0v) is 13.3. The number of rotatable bonds is 3. The van der Waals surface area contributed by atoms with Gasteiger partial charge >= 0.3 is 0 Å². The zero-order chi connectivity index (χ0) is 15.6. The molecule has 21 heavy (non-hydrogen) atoms. The van der Waals surface area contributed by atoms with Crippen LogP contribution in [0.5, 0.6) is 5.75 Å². The predicted octanol–water partition coefficient (Wildman–Crippen LogP) is 3.76. The summed E-state index contributed by atoms with van der Waals surface area (Å²) in [7, 11) is 1.60. The molecule has 0 amide bonds. The van der Waals surface area contributed by atoms with Crippen LogP contribution in [-0.4, -0.2) is 17.1 Å². The number of hydrogen-bond acceptors (Lipinski definition) is 5. The molecule has 0 aliphatic rings. The lowest BCUT2D eigenvalue weighted by molar-refractivity contribution is 0.415. The molecule has 1 aromatic carbocycles. The second-order valence-corrected chi connectivity index (χ2v) is 6.13. The minimum atomic E-state index is -0.190. The minimum absolute atomic E-state index is 0.190. The molecule has 0 fully saturated rings. The average molecular weight is 307 g/mol. The van der Waals surface area contributed by atoms with Gasteiger partial charge in [-0.25, -0.2) is 9.97 Å². The Kier molecular flexibility index (Phi) is 4.23. The summed E-state index contributed by atoms with van der Waals surface area (Å²) in [6, 6.07) is 7.03. The maximum Gasteiger partial charge on any atom is 0.138 e. The highest BCUT2D eigenvalue weighted by atomic mass is 35.5. The molecule has 0 spiro atoms. The predicted molar refractivity (Wildman–Crippen MR) is 86.4 cm³/mol. The number of halogens is 1. The number of aromatic nitrogens is 2. The first-order chi connectivity index (χ1) is 9.79. The highest BCUT2D eigenvalue weighted by Gasteiger charge is 2.19. The number of ether oxygens (including phenoxy) is 1. The van der Waals surface area contributed by atoms with E-state index in [0.717, 1.165) is 0 Å². The molecule has 2 rings (SSSR count). The van der Waals surface area contributed by atoms with Crippen molar-refractivity contribution in [3.8, 4) is 5.75 Å². The molecule has 0 bridgehead atoms. The third-order valence-corrected chi connectivity index (χ3v) is 3.18. The van der Waals surface area contributed by atoms with Crippen molar-refractivity contribution in [1.82, 2.24) is 9.97 Å². The van der Waals surface area contributed by atoms with E-state index < -0.39 is 0 Å². The Morgan fingerprint density at radius 3 is 2.52 bits per heavy atom. The smallest absolute Gasteiger partial charge is 0.138 e. The number of hydrogen-bond donors (Lipinski definition) is 2. The Labute approximate surface area is 129 Å². The molecule has 1 aromatic heterocycles. The molecule has 0 atom stereocenters. The minimum Gasteiger partial charge on any atom is -0.497 e. The molecule has 0 unspecified atom stereocenters. The molecular formula is C15H19ClN4O. The SMILES string of the molecule is COc1ccc(Cl)c(Nc2cc(N)nc(C(C)(C)C)n2)c1. The zero-order valence-electron chi connectivity index (χ0n) is 12.6. The van der Waals surface area contributed by atoms with Crippen LogP contribution in [0.1, 0.15) is 26.6 Å². The molecule has 0 saturated carbocycles. The third kappa shape index (κ3) is 3.76. The van der Waals surface area contributed by atoms with Gasteiger partial charge in [0, 0.05) is 17.5 Å². The fraction of sp³-hybridized carbons (Fsp3) is 0.333. The molecule has 6 heteroatoms. The number of benzene rings is 1. The van der Waals surface area contributed by atoms with Gasteiger partial charge in [-0.1, -0.05) is 32.4 Å². The lowest BCUT2D eigenvalue weighted by atomic mass is 9.96. The van der Waals surface area contributed by atoms with Gasteiger partial charge < -0.3 is 15.8 Å². The Morgan fingerprint density at radius 1 is 1.19 bits per heavy atom. The first-order valence-electron chi connectivity index (χ1n) is 6.55. The molecule has 0 radical (unpaired) electrons. The van der Waals surface area contributed by atoms with Crippen molar-refractivity contribution in [2.45, 2.75) is 26.2 Å². The number of nitrogens with zero attached hydrogens (tertiary/aromatic N) is 2. The van der Waals surface area contributed by atoms with E-state index >= 15 is 0 Å². The maximum atomic E-state index is 6.18. The summed E-state index contributed by atoms with van der Waals surface area (Å²) in [4.78, 5) is 8.77. The van der Waals surface area contributed by atoms with Crippen molar-refractivity contribution < 1.29 is 4.74 Å². The van der Waals surface area contributed by atoms with Crippen LogP contribution < -0.4 is 15.8 Å². The summed E-state index contributed by atoms with van der Waals surface area (Å²) in [6.45, 7) is 6.10. The Hall–Kier alpha value is -2.01. The Bertz CT molecular complexity index is 653. The van der Waals surface area contributed by atoms with Crippen molar-refractivity contribution >= 4 is 28.9 Å². The van der Waals surface area contributed by atoms with Crippen LogP contribution in [-0.2, 0) is 5.41 Å². The molecular weight excluding hydrogens is 288 g/mol. The Balaban J connectivity index is 2.38. The maximum absolute atomic E-state index is 6.18. The normalized spacial score (nSPS) is 11.3. The molecule has 1 heterocycles. The monoisotopic (exact) mass is 306 g/mol. The number of nitrogens with two attached hydrogens (primary N) is 1. The summed E-state index contributed by atoms with van der Waals surface area (Å²) in [5.74, 6) is 2.39. The van der Waals surface area contributed by atoms with Crippen LogP contribution in [0.25, 0.3) is 0 Å². The molecule has 0 saturated heterocycles. The van der Waals surface area contributed by atoms with Gasteiger partial charge in [-0.15, -0.1) is 0 Å². The molecule has 0 aliphatic heterocycles. The van der Waals surface area contributed by atoms with Gasteiger partial charge in [0.2, 0.25) is 0 Å². The van der Waals surface area contributed by atoms with E-state index in [9.17, 15) is 0 Å². The van der Waals surface area contributed by atoms with Crippen LogP contribution in [0.2, 0.25) is 5.02 Å². The van der Waals surface area contributed by atoms with Crippen LogP contribution >= 0.6 is 11.6 Å². The van der Waals surface area contributed by atoms with E-state index in [1.165, 1.54) is 0 Å². The van der Waals surface area contributed by atoms with E-state index in [0.29, 0.717) is 33.9 Å². The van der Waals surface area contributed by atoms with Gasteiger partial charge in [0.15, 0.2) is 0 Å².